The van der Waals surface area contributed by atoms with E-state index >= 15 is 0 Å². The summed E-state index contributed by atoms with van der Waals surface area (Å²) in [7, 11) is -2.99. The maximum Gasteiger partial charge on any atom is 0.274 e. The van der Waals surface area contributed by atoms with Crippen LogP contribution in [0.3, 0.4) is 0 Å². The zero-order valence-electron chi connectivity index (χ0n) is 14.2. The summed E-state index contributed by atoms with van der Waals surface area (Å²) < 4.78 is 4.20. The van der Waals surface area contributed by atoms with Crippen LogP contribution in [-0.4, -0.2) is 29.9 Å². The van der Waals surface area contributed by atoms with Gasteiger partial charge in [-0.1, -0.05) is 41.5 Å². The van der Waals surface area contributed by atoms with E-state index in [1.54, 1.807) is 0 Å². The van der Waals surface area contributed by atoms with Gasteiger partial charge < -0.3 is 14.6 Å². The molecule has 0 aromatic rings. The second-order valence-electron chi connectivity index (χ2n) is 5.58. The Hall–Kier alpha value is 0.314. The van der Waals surface area contributed by atoms with E-state index in [2.05, 4.69) is 56.2 Å². The molecule has 0 fully saturated rings. The van der Waals surface area contributed by atoms with Gasteiger partial charge in [0.2, 0.25) is 0 Å². The lowest BCUT2D eigenvalue weighted by molar-refractivity contribution is 0.737. The highest BCUT2D eigenvalue weighted by Gasteiger charge is 2.40. The molecule has 0 spiro atoms. The first-order valence-electron chi connectivity index (χ1n) is 8.36. The Morgan fingerprint density at radius 3 is 1.32 bits per heavy atom. The van der Waals surface area contributed by atoms with Crippen molar-refractivity contribution in [3.05, 3.63) is 0 Å². The van der Waals surface area contributed by atoms with Crippen molar-refractivity contribution in [3.63, 3.8) is 0 Å². The molecule has 116 valence electrons. The van der Waals surface area contributed by atoms with Crippen LogP contribution in [0.2, 0.25) is 24.2 Å². The van der Waals surface area contributed by atoms with Gasteiger partial charge in [0.1, 0.15) is 8.24 Å². The summed E-state index contributed by atoms with van der Waals surface area (Å²) in [6.45, 7) is 16.2. The van der Waals surface area contributed by atoms with E-state index in [0.717, 1.165) is 13.1 Å². The van der Waals surface area contributed by atoms with Crippen LogP contribution >= 0.6 is 0 Å². The first kappa shape index (κ1) is 19.3. The van der Waals surface area contributed by atoms with Crippen molar-refractivity contribution >= 4 is 16.8 Å². The van der Waals surface area contributed by atoms with Crippen molar-refractivity contribution in [2.24, 2.45) is 0 Å². The van der Waals surface area contributed by atoms with Gasteiger partial charge in [-0.3, -0.25) is 0 Å². The Morgan fingerprint density at radius 1 is 0.632 bits per heavy atom. The fraction of sp³-hybridized carbons (Fsp3) is 1.00. The van der Waals surface area contributed by atoms with Crippen LogP contribution in [0.1, 0.15) is 54.4 Å². The zero-order chi connectivity index (χ0) is 14.8. The molecule has 0 unspecified atom stereocenters. The summed E-state index contributed by atoms with van der Waals surface area (Å²) in [4.78, 5) is 7.75. The van der Waals surface area contributed by atoms with Crippen molar-refractivity contribution in [1.29, 1.82) is 0 Å². The highest BCUT2D eigenvalue weighted by Crippen LogP contribution is 2.19. The van der Waals surface area contributed by atoms with Gasteiger partial charge in [-0.2, -0.15) is 0 Å². The first-order valence-corrected chi connectivity index (χ1v) is 13.2. The molecule has 3 nitrogen and oxygen atoms in total. The molecule has 0 aromatic carbocycles. The monoisotopic (exact) mass is 303 g/mol. The molecule has 0 saturated carbocycles. The average Bonchev–Trinajstić information content (AvgIpc) is 2.47. The molecule has 3 N–H and O–H groups in total. The Kier molecular flexibility index (Phi) is 10.3. The molecule has 19 heavy (non-hydrogen) atoms. The second-order valence-corrected chi connectivity index (χ2v) is 14.5. The van der Waals surface area contributed by atoms with Gasteiger partial charge in [-0.25, -0.2) is 0 Å². The van der Waals surface area contributed by atoms with E-state index in [9.17, 15) is 0 Å². The van der Waals surface area contributed by atoms with Gasteiger partial charge in [0.25, 0.3) is 8.56 Å². The summed E-state index contributed by atoms with van der Waals surface area (Å²) in [5.74, 6) is 0. The van der Waals surface area contributed by atoms with Gasteiger partial charge in [-0.05, 0) is 50.1 Å². The van der Waals surface area contributed by atoms with Crippen molar-refractivity contribution < 1.29 is 0 Å². The van der Waals surface area contributed by atoms with Gasteiger partial charge in [0.15, 0.2) is 0 Å². The van der Waals surface area contributed by atoms with E-state index in [1.807, 2.05) is 0 Å². The van der Waals surface area contributed by atoms with Crippen molar-refractivity contribution in [1.82, 2.24) is 14.6 Å². The topological polar surface area (TPSA) is 36.1 Å². The predicted octanol–water partition coefficient (Wildman–Crippen LogP) is 3.54. The fourth-order valence-electron chi connectivity index (χ4n) is 2.63. The Morgan fingerprint density at radius 2 is 1.05 bits per heavy atom. The lowest BCUT2D eigenvalue weighted by atomic mass is 10.5. The SMILES string of the molecule is CCCN[Si](CC)(NCCC)N[Si](CC)(CC)CC. The second kappa shape index (κ2) is 10.1. The molecule has 0 amide bonds. The molecule has 0 heterocycles. The largest absolute Gasteiger partial charge is 0.335 e. The third-order valence-corrected chi connectivity index (χ3v) is 15.0. The average molecular weight is 304 g/mol. The highest BCUT2D eigenvalue weighted by atomic mass is 28.4. The number of nitrogens with one attached hydrogen (secondary N) is 3. The van der Waals surface area contributed by atoms with Crippen LogP contribution < -0.4 is 14.6 Å². The minimum absolute atomic E-state index is 1.13. The van der Waals surface area contributed by atoms with E-state index < -0.39 is 16.8 Å². The van der Waals surface area contributed by atoms with Crippen LogP contribution in [0.5, 0.6) is 0 Å². The number of rotatable bonds is 12. The van der Waals surface area contributed by atoms with E-state index in [1.165, 1.54) is 37.0 Å². The van der Waals surface area contributed by atoms with Gasteiger partial charge in [0, 0.05) is 0 Å². The Balaban J connectivity index is 4.96. The van der Waals surface area contributed by atoms with E-state index in [0.29, 0.717) is 0 Å². The van der Waals surface area contributed by atoms with Crippen molar-refractivity contribution in [3.8, 4) is 0 Å². The Bertz CT molecular complexity index is 204. The summed E-state index contributed by atoms with van der Waals surface area (Å²) in [6.07, 6.45) is 2.42. The maximum absolute atomic E-state index is 4.20. The quantitative estimate of drug-likeness (QED) is 0.483. The molecule has 0 aliphatic heterocycles. The molecule has 0 aromatic heterocycles. The van der Waals surface area contributed by atoms with E-state index in [4.69, 9.17) is 0 Å². The highest BCUT2D eigenvalue weighted by molar-refractivity contribution is 6.91. The van der Waals surface area contributed by atoms with Crippen LogP contribution in [0.15, 0.2) is 0 Å². The predicted molar refractivity (Wildman–Crippen MR) is 93.2 cm³/mol. The van der Waals surface area contributed by atoms with Crippen molar-refractivity contribution in [2.45, 2.75) is 78.6 Å². The Labute approximate surface area is 123 Å². The molecule has 0 bridgehead atoms. The molecular weight excluding hydrogens is 266 g/mol. The molecular formula is C14H37N3Si2. The third-order valence-electron chi connectivity index (χ3n) is 4.39. The lowest BCUT2D eigenvalue weighted by Gasteiger charge is -2.42. The number of hydrogen-bond acceptors (Lipinski definition) is 3. The van der Waals surface area contributed by atoms with Crippen LogP contribution in [-0.2, 0) is 0 Å². The minimum Gasteiger partial charge on any atom is -0.335 e. The maximum atomic E-state index is 4.20. The van der Waals surface area contributed by atoms with E-state index in [-0.39, 0.29) is 0 Å². The summed E-state index contributed by atoms with van der Waals surface area (Å²) in [5.41, 5.74) is 0. The molecule has 0 aliphatic carbocycles. The molecule has 5 heteroatoms. The van der Waals surface area contributed by atoms with Crippen LogP contribution in [0.25, 0.3) is 0 Å². The molecule has 0 saturated heterocycles. The summed E-state index contributed by atoms with van der Waals surface area (Å²) in [6, 6.07) is 5.25. The standard InChI is InChI=1S/C14H37N3Si2/c1-7-13-15-19(12-6,16-14-8-2)17-18(9-3,10-4)11-5/h15-17H,7-14H2,1-6H3. The normalized spacial score (nSPS) is 12.9. The summed E-state index contributed by atoms with van der Waals surface area (Å²) >= 11 is 0. The molecule has 0 radical (unpaired) electrons. The van der Waals surface area contributed by atoms with Gasteiger partial charge in [-0.15, -0.1) is 0 Å². The van der Waals surface area contributed by atoms with Crippen molar-refractivity contribution in [2.75, 3.05) is 13.1 Å². The van der Waals surface area contributed by atoms with Gasteiger partial charge in [0.05, 0.1) is 0 Å². The smallest absolute Gasteiger partial charge is 0.274 e. The minimum atomic E-state index is -1.70. The molecule has 0 atom stereocenters. The third kappa shape index (κ3) is 6.08. The molecule has 0 rings (SSSR count). The lowest BCUT2D eigenvalue weighted by Crippen LogP contribution is -2.78. The zero-order valence-corrected chi connectivity index (χ0v) is 16.2. The van der Waals surface area contributed by atoms with Gasteiger partial charge >= 0.3 is 0 Å². The summed E-state index contributed by atoms with van der Waals surface area (Å²) in [5, 5.41) is 0. The molecule has 0 aliphatic rings. The number of hydrogen-bond donors (Lipinski definition) is 3. The first-order chi connectivity index (χ1) is 9.07. The van der Waals surface area contributed by atoms with Crippen LogP contribution in [0, 0.1) is 0 Å². The van der Waals surface area contributed by atoms with Crippen LogP contribution in [0.4, 0.5) is 0 Å². The fourth-order valence-corrected chi connectivity index (χ4v) is 13.3.